The first-order valence-electron chi connectivity index (χ1n) is 4.57. The van der Waals surface area contributed by atoms with E-state index in [9.17, 15) is 19.7 Å². The van der Waals surface area contributed by atoms with Crippen molar-refractivity contribution in [2.24, 2.45) is 0 Å². The lowest BCUT2D eigenvalue weighted by molar-refractivity contribution is -0.385. The zero-order valence-electron chi connectivity index (χ0n) is 8.89. The van der Waals surface area contributed by atoms with Gasteiger partial charge in [0.15, 0.2) is 0 Å². The first-order chi connectivity index (χ1) is 8.06. The molecule has 0 aromatic heterocycles. The summed E-state index contributed by atoms with van der Waals surface area (Å²) in [5, 5.41) is 12.9. The standard InChI is InChI=1S/C9H10N4O4/c1-10-9(15)12-11-8(14)6-4-2-3-5-7(6)13(16)17/h2-5H,1H3,(H,11,14)(H2,10,12,15). The van der Waals surface area contributed by atoms with Crippen LogP contribution in [0.15, 0.2) is 24.3 Å². The summed E-state index contributed by atoms with van der Waals surface area (Å²) in [4.78, 5) is 32.3. The number of urea groups is 1. The van der Waals surface area contributed by atoms with Crippen molar-refractivity contribution in [3.05, 3.63) is 39.9 Å². The quantitative estimate of drug-likeness (QED) is 0.503. The van der Waals surface area contributed by atoms with Gasteiger partial charge in [-0.1, -0.05) is 12.1 Å². The highest BCUT2D eigenvalue weighted by Crippen LogP contribution is 2.16. The van der Waals surface area contributed by atoms with Crippen molar-refractivity contribution in [1.29, 1.82) is 0 Å². The Kier molecular flexibility index (Phi) is 3.98. The van der Waals surface area contributed by atoms with E-state index in [1.165, 1.54) is 31.3 Å². The molecular formula is C9H10N4O4. The number of hydrazine groups is 1. The Morgan fingerprint density at radius 1 is 1.24 bits per heavy atom. The summed E-state index contributed by atoms with van der Waals surface area (Å²) in [6.45, 7) is 0. The highest BCUT2D eigenvalue weighted by Gasteiger charge is 2.19. The SMILES string of the molecule is CNC(=O)NNC(=O)c1ccccc1[N+](=O)[O-]. The second-order valence-electron chi connectivity index (χ2n) is 2.93. The first-order valence-corrected chi connectivity index (χ1v) is 4.57. The molecule has 3 amide bonds. The maximum atomic E-state index is 11.5. The first kappa shape index (κ1) is 12.4. The monoisotopic (exact) mass is 238 g/mol. The second-order valence-corrected chi connectivity index (χ2v) is 2.93. The largest absolute Gasteiger partial charge is 0.340 e. The molecule has 0 aliphatic rings. The Bertz CT molecular complexity index is 460. The van der Waals surface area contributed by atoms with Crippen LogP contribution in [0.5, 0.6) is 0 Å². The summed E-state index contributed by atoms with van der Waals surface area (Å²) < 4.78 is 0. The van der Waals surface area contributed by atoms with Gasteiger partial charge in [-0.3, -0.25) is 20.3 Å². The van der Waals surface area contributed by atoms with Crippen molar-refractivity contribution in [3.8, 4) is 0 Å². The molecule has 1 rings (SSSR count). The summed E-state index contributed by atoms with van der Waals surface area (Å²) in [5.74, 6) is -0.763. The third-order valence-electron chi connectivity index (χ3n) is 1.86. The molecule has 0 radical (unpaired) electrons. The molecule has 0 heterocycles. The van der Waals surface area contributed by atoms with Crippen LogP contribution >= 0.6 is 0 Å². The van der Waals surface area contributed by atoms with Crippen LogP contribution in [-0.2, 0) is 0 Å². The van der Waals surface area contributed by atoms with Crippen LogP contribution in [0.1, 0.15) is 10.4 Å². The minimum atomic E-state index is -0.763. The molecule has 0 spiro atoms. The Balaban J connectivity index is 2.82. The molecule has 8 nitrogen and oxygen atoms in total. The molecule has 0 fully saturated rings. The molecule has 17 heavy (non-hydrogen) atoms. The van der Waals surface area contributed by atoms with E-state index < -0.39 is 16.9 Å². The minimum Gasteiger partial charge on any atom is -0.340 e. The lowest BCUT2D eigenvalue weighted by Gasteiger charge is -2.06. The fraction of sp³-hybridized carbons (Fsp3) is 0.111. The van der Waals surface area contributed by atoms with E-state index in [1.54, 1.807) is 0 Å². The van der Waals surface area contributed by atoms with Crippen LogP contribution < -0.4 is 16.2 Å². The van der Waals surface area contributed by atoms with Crippen molar-refractivity contribution >= 4 is 17.6 Å². The average Bonchev–Trinajstić information content (AvgIpc) is 2.35. The molecular weight excluding hydrogens is 228 g/mol. The van der Waals surface area contributed by atoms with Crippen LogP contribution in [0.25, 0.3) is 0 Å². The molecule has 8 heteroatoms. The number of nitro groups is 1. The minimum absolute atomic E-state index is 0.131. The van der Waals surface area contributed by atoms with Gasteiger partial charge in [-0.15, -0.1) is 0 Å². The fourth-order valence-electron chi connectivity index (χ4n) is 1.07. The van der Waals surface area contributed by atoms with Gasteiger partial charge in [0, 0.05) is 13.1 Å². The van der Waals surface area contributed by atoms with Crippen LogP contribution in [0.4, 0.5) is 10.5 Å². The maximum Gasteiger partial charge on any atom is 0.333 e. The Morgan fingerprint density at radius 2 is 1.88 bits per heavy atom. The van der Waals surface area contributed by atoms with Crippen molar-refractivity contribution < 1.29 is 14.5 Å². The van der Waals surface area contributed by atoms with Crippen LogP contribution in [0.2, 0.25) is 0 Å². The average molecular weight is 238 g/mol. The van der Waals surface area contributed by atoms with Gasteiger partial charge in [0.25, 0.3) is 11.6 Å². The predicted octanol–water partition coefficient (Wildman–Crippen LogP) is 0.169. The molecule has 90 valence electrons. The van der Waals surface area contributed by atoms with Crippen LogP contribution in [0.3, 0.4) is 0 Å². The van der Waals surface area contributed by atoms with Gasteiger partial charge >= 0.3 is 6.03 Å². The number of hydrogen-bond acceptors (Lipinski definition) is 4. The highest BCUT2D eigenvalue weighted by molar-refractivity contribution is 5.98. The molecule has 0 bridgehead atoms. The van der Waals surface area contributed by atoms with Gasteiger partial charge in [-0.05, 0) is 6.07 Å². The smallest absolute Gasteiger partial charge is 0.333 e. The van der Waals surface area contributed by atoms with E-state index >= 15 is 0 Å². The topological polar surface area (TPSA) is 113 Å². The fourth-order valence-corrected chi connectivity index (χ4v) is 1.07. The molecule has 0 unspecified atom stereocenters. The summed E-state index contributed by atoms with van der Waals surface area (Å²) in [7, 11) is 1.37. The molecule has 1 aromatic carbocycles. The van der Waals surface area contributed by atoms with Gasteiger partial charge in [0.1, 0.15) is 5.56 Å². The zero-order valence-corrected chi connectivity index (χ0v) is 8.89. The van der Waals surface area contributed by atoms with E-state index in [1.807, 2.05) is 10.9 Å². The number of carbonyl (C=O) groups excluding carboxylic acids is 2. The number of rotatable bonds is 2. The van der Waals surface area contributed by atoms with E-state index in [4.69, 9.17) is 0 Å². The Morgan fingerprint density at radius 3 is 2.47 bits per heavy atom. The number of para-hydroxylation sites is 1. The number of amides is 3. The zero-order chi connectivity index (χ0) is 12.8. The Hall–Kier alpha value is -2.64. The van der Waals surface area contributed by atoms with Crippen LogP contribution in [0, 0.1) is 10.1 Å². The summed E-state index contributed by atoms with van der Waals surface area (Å²) in [6.07, 6.45) is 0. The van der Waals surface area contributed by atoms with E-state index in [2.05, 4.69) is 5.32 Å². The molecule has 0 saturated carbocycles. The highest BCUT2D eigenvalue weighted by atomic mass is 16.6. The molecule has 3 N–H and O–H groups in total. The molecule has 0 atom stereocenters. The van der Waals surface area contributed by atoms with Crippen LogP contribution in [-0.4, -0.2) is 23.9 Å². The number of nitrogens with one attached hydrogen (secondary N) is 3. The summed E-state index contributed by atoms with van der Waals surface area (Å²) in [5.41, 5.74) is 3.60. The number of carbonyl (C=O) groups is 2. The molecule has 1 aromatic rings. The van der Waals surface area contributed by atoms with Gasteiger partial charge in [-0.2, -0.15) is 0 Å². The third-order valence-corrected chi connectivity index (χ3v) is 1.86. The van der Waals surface area contributed by atoms with Crippen molar-refractivity contribution in [2.45, 2.75) is 0 Å². The van der Waals surface area contributed by atoms with E-state index in [0.717, 1.165) is 0 Å². The molecule has 0 saturated heterocycles. The van der Waals surface area contributed by atoms with Gasteiger partial charge < -0.3 is 5.32 Å². The van der Waals surface area contributed by atoms with Gasteiger partial charge in [0.05, 0.1) is 4.92 Å². The van der Waals surface area contributed by atoms with E-state index in [-0.39, 0.29) is 11.3 Å². The lowest BCUT2D eigenvalue weighted by Crippen LogP contribution is -2.45. The number of nitro benzene ring substituents is 1. The number of nitrogens with zero attached hydrogens (tertiary/aromatic N) is 1. The Labute approximate surface area is 96.1 Å². The molecule has 0 aliphatic carbocycles. The summed E-state index contributed by atoms with van der Waals surface area (Å²) in [6, 6.07) is 4.80. The van der Waals surface area contributed by atoms with Gasteiger partial charge in [0.2, 0.25) is 0 Å². The van der Waals surface area contributed by atoms with Crippen molar-refractivity contribution in [1.82, 2.24) is 16.2 Å². The van der Waals surface area contributed by atoms with Crippen molar-refractivity contribution in [2.75, 3.05) is 7.05 Å². The number of hydrogen-bond donors (Lipinski definition) is 3. The second kappa shape index (κ2) is 5.45. The maximum absolute atomic E-state index is 11.5. The third kappa shape index (κ3) is 3.16. The normalized spacial score (nSPS) is 9.24. The van der Waals surface area contributed by atoms with Crippen molar-refractivity contribution in [3.63, 3.8) is 0 Å². The van der Waals surface area contributed by atoms with E-state index in [0.29, 0.717) is 0 Å². The molecule has 0 aliphatic heterocycles. The number of benzene rings is 1. The lowest BCUT2D eigenvalue weighted by atomic mass is 10.2. The predicted molar refractivity (Wildman–Crippen MR) is 58.2 cm³/mol. The summed E-state index contributed by atoms with van der Waals surface area (Å²) >= 11 is 0. The van der Waals surface area contributed by atoms with Gasteiger partial charge in [-0.25, -0.2) is 10.2 Å².